The molecule has 0 aliphatic carbocycles. The Morgan fingerprint density at radius 1 is 0.379 bits per heavy atom. The molecule has 2 heterocycles. The minimum atomic E-state index is -1.27. The van der Waals surface area contributed by atoms with Gasteiger partial charge in [-0.05, 0) is 61.1 Å². The Balaban J connectivity index is 1.83. The lowest BCUT2D eigenvalue weighted by Crippen LogP contribution is -2.47. The van der Waals surface area contributed by atoms with Crippen LogP contribution in [0.15, 0.2) is 48.5 Å². The van der Waals surface area contributed by atoms with E-state index in [4.69, 9.17) is 42.1 Å². The third kappa shape index (κ3) is 17.1. The van der Waals surface area contributed by atoms with Gasteiger partial charge in [0.15, 0.2) is 0 Å². The monoisotopic (exact) mass is 957 g/mol. The number of carbonyl (C=O) groups is 4. The zero-order valence-corrected chi connectivity index (χ0v) is 42.3. The van der Waals surface area contributed by atoms with Crippen LogP contribution in [0.5, 0.6) is 0 Å². The smallest absolute Gasteiger partial charge is 0.325 e. The number of fused-ring (bicyclic) bond motifs is 1. The summed E-state index contributed by atoms with van der Waals surface area (Å²) in [6.07, 6.45) is 24.1. The topological polar surface area (TPSA) is 112 Å². The van der Waals surface area contributed by atoms with Crippen LogP contribution in [-0.2, 0) is 38.1 Å². The molecule has 2 aliphatic rings. The number of halogens is 2. The van der Waals surface area contributed by atoms with Crippen LogP contribution in [-0.4, -0.2) is 72.4 Å². The fourth-order valence-corrected chi connectivity index (χ4v) is 9.82. The highest BCUT2D eigenvalue weighted by molar-refractivity contribution is 6.30. The van der Waals surface area contributed by atoms with Crippen LogP contribution in [0.25, 0.3) is 0 Å². The van der Waals surface area contributed by atoms with Crippen molar-refractivity contribution in [3.05, 3.63) is 69.7 Å². The lowest BCUT2D eigenvalue weighted by molar-refractivity contribution is -0.163. The van der Waals surface area contributed by atoms with E-state index in [1.54, 1.807) is 34.3 Å². The highest BCUT2D eigenvalue weighted by atomic mass is 35.5. The second kappa shape index (κ2) is 31.8. The largest absolute Gasteiger partial charge is 0.465 e. The van der Waals surface area contributed by atoms with Crippen LogP contribution in [0.3, 0.4) is 0 Å². The van der Waals surface area contributed by atoms with Crippen molar-refractivity contribution >= 4 is 47.1 Å². The standard InChI is InChI=1S/C54H82Cl2N2O8/c1-5-9-13-17-21-25-37-63-51(59)45-47(41-29-33-43(55)34-30-41)57-50(54(62)66-40-28-24-20-16-12-8-4)46(52(60)64-38-26-22-18-14-10-6-2)48(42-31-35-44(56)36-32-42)58(57)49(45)53(61)65-39-27-23-19-15-11-7-3/h29-36,45-50H,5-28,37-40H2,1-4H3/t45-,46-,47+,48+,49+,50+/m0/s1. The molecule has 2 fully saturated rings. The molecule has 370 valence electrons. The van der Waals surface area contributed by atoms with Gasteiger partial charge in [-0.25, -0.2) is 10.0 Å². The number of hydrazine groups is 1. The fourth-order valence-electron chi connectivity index (χ4n) is 9.57. The molecule has 4 rings (SSSR count). The average molecular weight is 958 g/mol. The first-order chi connectivity index (χ1) is 32.2. The number of hydrogen-bond donors (Lipinski definition) is 0. The number of rotatable bonds is 34. The van der Waals surface area contributed by atoms with E-state index in [0.717, 1.165) is 128 Å². The predicted octanol–water partition coefficient (Wildman–Crippen LogP) is 13.9. The fraction of sp³-hybridized carbons (Fsp3) is 0.704. The first-order valence-electron chi connectivity index (χ1n) is 25.9. The summed E-state index contributed by atoms with van der Waals surface area (Å²) >= 11 is 13.0. The Morgan fingerprint density at radius 2 is 0.621 bits per heavy atom. The van der Waals surface area contributed by atoms with Gasteiger partial charge in [-0.2, -0.15) is 0 Å². The third-order valence-corrected chi connectivity index (χ3v) is 13.7. The number of benzene rings is 2. The normalized spacial score (nSPS) is 20.6. The van der Waals surface area contributed by atoms with Crippen LogP contribution >= 0.6 is 23.2 Å². The number of unbranched alkanes of at least 4 members (excludes halogenated alkanes) is 20. The number of carbonyl (C=O) groups excluding carboxylic acids is 4. The van der Waals surface area contributed by atoms with Crippen LogP contribution in [0.1, 0.15) is 205 Å². The summed E-state index contributed by atoms with van der Waals surface area (Å²) in [5, 5.41) is 4.49. The van der Waals surface area contributed by atoms with Crippen LogP contribution < -0.4 is 0 Å². The summed E-state index contributed by atoms with van der Waals surface area (Å²) < 4.78 is 24.6. The van der Waals surface area contributed by atoms with Gasteiger partial charge in [0, 0.05) is 10.0 Å². The molecule has 2 saturated heterocycles. The van der Waals surface area contributed by atoms with Gasteiger partial charge in [-0.15, -0.1) is 0 Å². The van der Waals surface area contributed by atoms with Gasteiger partial charge in [0.05, 0.1) is 38.5 Å². The molecule has 0 aromatic heterocycles. The summed E-state index contributed by atoms with van der Waals surface area (Å²) in [6.45, 7) is 9.41. The molecule has 2 aliphatic heterocycles. The zero-order chi connectivity index (χ0) is 47.5. The van der Waals surface area contributed by atoms with E-state index in [9.17, 15) is 19.2 Å². The molecular weight excluding hydrogens is 876 g/mol. The molecule has 2 aromatic carbocycles. The van der Waals surface area contributed by atoms with Crippen LogP contribution in [0, 0.1) is 11.8 Å². The van der Waals surface area contributed by atoms with Crippen molar-refractivity contribution < 1.29 is 38.1 Å². The molecule has 2 aromatic rings. The summed E-state index contributed by atoms with van der Waals surface area (Å²) in [6, 6.07) is 9.74. The number of hydrogen-bond acceptors (Lipinski definition) is 10. The molecule has 6 atom stereocenters. The van der Waals surface area contributed by atoms with E-state index in [1.165, 1.54) is 0 Å². The first-order valence-corrected chi connectivity index (χ1v) is 26.7. The van der Waals surface area contributed by atoms with E-state index in [1.807, 2.05) is 24.3 Å². The van der Waals surface area contributed by atoms with Crippen LogP contribution in [0.4, 0.5) is 0 Å². The van der Waals surface area contributed by atoms with Gasteiger partial charge in [0.25, 0.3) is 0 Å². The maximum absolute atomic E-state index is 15.0. The maximum atomic E-state index is 15.0. The summed E-state index contributed by atoms with van der Waals surface area (Å²) in [4.78, 5) is 59.8. The van der Waals surface area contributed by atoms with Crippen LogP contribution in [0.2, 0.25) is 10.0 Å². The molecule has 0 saturated carbocycles. The van der Waals surface area contributed by atoms with E-state index in [0.29, 0.717) is 46.9 Å². The van der Waals surface area contributed by atoms with Crippen molar-refractivity contribution in [2.45, 2.75) is 206 Å². The van der Waals surface area contributed by atoms with Gasteiger partial charge < -0.3 is 18.9 Å². The van der Waals surface area contributed by atoms with Crippen molar-refractivity contribution in [1.82, 2.24) is 10.0 Å². The van der Waals surface area contributed by atoms with Crippen molar-refractivity contribution in [3.63, 3.8) is 0 Å². The minimum Gasteiger partial charge on any atom is -0.465 e. The van der Waals surface area contributed by atoms with Gasteiger partial charge in [0.1, 0.15) is 23.9 Å². The molecule has 0 unspecified atom stereocenters. The second-order valence-electron chi connectivity index (χ2n) is 18.4. The Hall–Kier alpha value is -3.18. The predicted molar refractivity (Wildman–Crippen MR) is 264 cm³/mol. The van der Waals surface area contributed by atoms with Crippen molar-refractivity contribution in [1.29, 1.82) is 0 Å². The van der Waals surface area contributed by atoms with Gasteiger partial charge in [0.2, 0.25) is 0 Å². The molecule has 66 heavy (non-hydrogen) atoms. The molecular formula is C54H82Cl2N2O8. The van der Waals surface area contributed by atoms with Crippen molar-refractivity contribution in [2.24, 2.45) is 11.8 Å². The van der Waals surface area contributed by atoms with Crippen molar-refractivity contribution in [3.8, 4) is 0 Å². The molecule has 10 nitrogen and oxygen atoms in total. The van der Waals surface area contributed by atoms with E-state index in [2.05, 4.69) is 27.7 Å². The maximum Gasteiger partial charge on any atom is 0.325 e. The SMILES string of the molecule is CCCCCCCCOC(=O)[C@H]1[C@@H](c2ccc(Cl)cc2)N2[C@@H](C(=O)OCCCCCCCC)[C@@H](C(=O)OCCCCCCCC)[C@@H](c3ccc(Cl)cc3)N2[C@H]1C(=O)OCCCCCCCC. The third-order valence-electron chi connectivity index (χ3n) is 13.2. The zero-order valence-electron chi connectivity index (χ0n) is 40.8. The Labute approximate surface area is 407 Å². The Bertz CT molecular complexity index is 1570. The quantitative estimate of drug-likeness (QED) is 0.0382. The van der Waals surface area contributed by atoms with Gasteiger partial charge >= 0.3 is 23.9 Å². The summed E-state index contributed by atoms with van der Waals surface area (Å²) in [5.41, 5.74) is 1.25. The molecule has 0 radical (unpaired) electrons. The highest BCUT2D eigenvalue weighted by Crippen LogP contribution is 2.56. The average Bonchev–Trinajstić information content (AvgIpc) is 3.84. The number of esters is 4. The number of nitrogens with zero attached hydrogens (tertiary/aromatic N) is 2. The second-order valence-corrected chi connectivity index (χ2v) is 19.3. The lowest BCUT2D eigenvalue weighted by atomic mass is 9.82. The van der Waals surface area contributed by atoms with E-state index in [-0.39, 0.29) is 26.4 Å². The minimum absolute atomic E-state index is 0.166. The molecule has 0 N–H and O–H groups in total. The summed E-state index contributed by atoms with van der Waals surface area (Å²) in [7, 11) is 0. The number of ether oxygens (including phenoxy) is 4. The van der Waals surface area contributed by atoms with Gasteiger partial charge in [-0.1, -0.05) is 204 Å². The Morgan fingerprint density at radius 3 is 0.894 bits per heavy atom. The molecule has 0 amide bonds. The highest BCUT2D eigenvalue weighted by Gasteiger charge is 2.69. The van der Waals surface area contributed by atoms with E-state index < -0.39 is 59.9 Å². The molecule has 12 heteroatoms. The lowest BCUT2D eigenvalue weighted by Gasteiger charge is -2.32. The van der Waals surface area contributed by atoms with Gasteiger partial charge in [-0.3, -0.25) is 19.2 Å². The Kier molecular flexibility index (Phi) is 26.7. The van der Waals surface area contributed by atoms with Crippen molar-refractivity contribution in [2.75, 3.05) is 26.4 Å². The first kappa shape index (κ1) is 55.4. The molecule has 0 spiro atoms. The van der Waals surface area contributed by atoms with E-state index >= 15 is 0 Å². The molecule has 0 bridgehead atoms. The summed E-state index contributed by atoms with van der Waals surface area (Å²) in [5.74, 6) is -4.68.